The Morgan fingerprint density at radius 2 is 1.74 bits per heavy atom. The molecule has 1 saturated heterocycles. The van der Waals surface area contributed by atoms with Crippen molar-refractivity contribution in [3.63, 3.8) is 0 Å². The second-order valence-corrected chi connectivity index (χ2v) is 6.50. The molecule has 3 rings (SSSR count). The summed E-state index contributed by atoms with van der Waals surface area (Å²) < 4.78 is 0. The molecule has 2 aliphatic rings. The van der Waals surface area contributed by atoms with Crippen LogP contribution >= 0.6 is 23.2 Å². The highest BCUT2D eigenvalue weighted by Crippen LogP contribution is 2.31. The van der Waals surface area contributed by atoms with Crippen molar-refractivity contribution in [1.82, 2.24) is 10.9 Å². The lowest BCUT2D eigenvalue weighted by atomic mass is 10.1. The van der Waals surface area contributed by atoms with Crippen LogP contribution in [0.25, 0.3) is 0 Å². The van der Waals surface area contributed by atoms with Crippen molar-refractivity contribution < 1.29 is 14.4 Å². The van der Waals surface area contributed by atoms with E-state index >= 15 is 0 Å². The number of hydrazine groups is 1. The molecule has 1 aliphatic heterocycles. The summed E-state index contributed by atoms with van der Waals surface area (Å²) in [6.45, 7) is 0.408. The van der Waals surface area contributed by atoms with Crippen LogP contribution in [0, 0.1) is 11.8 Å². The van der Waals surface area contributed by atoms with E-state index in [-0.39, 0.29) is 17.7 Å². The summed E-state index contributed by atoms with van der Waals surface area (Å²) in [5, 5.41) is 0.751. The average molecular weight is 356 g/mol. The zero-order valence-corrected chi connectivity index (χ0v) is 13.7. The molecule has 1 saturated carbocycles. The highest BCUT2D eigenvalue weighted by atomic mass is 35.5. The van der Waals surface area contributed by atoms with Crippen LogP contribution in [-0.4, -0.2) is 24.3 Å². The van der Waals surface area contributed by atoms with Gasteiger partial charge in [-0.25, -0.2) is 0 Å². The van der Waals surface area contributed by atoms with Crippen LogP contribution in [0.15, 0.2) is 18.2 Å². The molecule has 0 radical (unpaired) electrons. The quantitative estimate of drug-likeness (QED) is 0.642. The van der Waals surface area contributed by atoms with Crippen LogP contribution in [0.5, 0.6) is 0 Å². The summed E-state index contributed by atoms with van der Waals surface area (Å²) in [6.07, 6.45) is 2.06. The topological polar surface area (TPSA) is 78.5 Å². The molecule has 1 heterocycles. The van der Waals surface area contributed by atoms with Gasteiger partial charge in [0, 0.05) is 18.2 Å². The molecule has 2 N–H and O–H groups in total. The molecule has 1 aromatic carbocycles. The Kier molecular flexibility index (Phi) is 4.46. The van der Waals surface area contributed by atoms with E-state index in [0.29, 0.717) is 28.7 Å². The maximum atomic E-state index is 12.4. The molecule has 1 atom stereocenters. The van der Waals surface area contributed by atoms with E-state index in [2.05, 4.69) is 10.9 Å². The number of nitrogens with zero attached hydrogens (tertiary/aromatic N) is 1. The van der Waals surface area contributed by atoms with E-state index in [9.17, 15) is 14.4 Å². The Balaban J connectivity index is 1.62. The van der Waals surface area contributed by atoms with Crippen LogP contribution in [0.4, 0.5) is 5.69 Å². The minimum Gasteiger partial charge on any atom is -0.312 e. The zero-order valence-electron chi connectivity index (χ0n) is 12.1. The number of anilines is 1. The van der Waals surface area contributed by atoms with Gasteiger partial charge in [-0.05, 0) is 37.5 Å². The number of benzene rings is 1. The highest BCUT2D eigenvalue weighted by Gasteiger charge is 2.38. The molecule has 0 spiro atoms. The standard InChI is InChI=1S/C15H15Cl2N3O3/c16-11-4-3-9(7-12(11)17)20-6-5-10(15(20)23)14(22)19-18-13(21)8-1-2-8/h3-4,7-8,10H,1-2,5-6H2,(H,18,21)(H,19,22)/t10-/m0/s1. The summed E-state index contributed by atoms with van der Waals surface area (Å²) in [4.78, 5) is 37.5. The number of halogens is 2. The van der Waals surface area contributed by atoms with Gasteiger partial charge in [0.2, 0.25) is 11.8 Å². The fourth-order valence-corrected chi connectivity index (χ4v) is 2.78. The summed E-state index contributed by atoms with van der Waals surface area (Å²) in [5.74, 6) is -1.84. The van der Waals surface area contributed by atoms with Crippen molar-refractivity contribution >= 4 is 46.6 Å². The Morgan fingerprint density at radius 1 is 1.04 bits per heavy atom. The maximum absolute atomic E-state index is 12.4. The van der Waals surface area contributed by atoms with Crippen molar-refractivity contribution in [1.29, 1.82) is 0 Å². The van der Waals surface area contributed by atoms with Gasteiger partial charge in [0.05, 0.1) is 10.0 Å². The van der Waals surface area contributed by atoms with Gasteiger partial charge in [-0.3, -0.25) is 25.2 Å². The molecule has 1 aromatic rings. The lowest BCUT2D eigenvalue weighted by Gasteiger charge is -2.17. The normalized spacial score (nSPS) is 20.5. The first-order valence-electron chi connectivity index (χ1n) is 7.33. The second kappa shape index (κ2) is 6.37. The summed E-state index contributed by atoms with van der Waals surface area (Å²) in [6, 6.07) is 4.88. The molecule has 0 aromatic heterocycles. The van der Waals surface area contributed by atoms with E-state index in [0.717, 1.165) is 12.8 Å². The predicted octanol–water partition coefficient (Wildman–Crippen LogP) is 1.90. The number of nitrogens with one attached hydrogen (secondary N) is 2. The molecule has 122 valence electrons. The number of rotatable bonds is 3. The van der Waals surface area contributed by atoms with E-state index in [1.54, 1.807) is 18.2 Å². The van der Waals surface area contributed by atoms with E-state index in [1.165, 1.54) is 4.90 Å². The largest absolute Gasteiger partial charge is 0.312 e. The summed E-state index contributed by atoms with van der Waals surface area (Å²) in [5.41, 5.74) is 5.30. The molecule has 1 aliphatic carbocycles. The number of hydrogen-bond donors (Lipinski definition) is 2. The van der Waals surface area contributed by atoms with E-state index in [1.807, 2.05) is 0 Å². The fraction of sp³-hybridized carbons (Fsp3) is 0.400. The van der Waals surface area contributed by atoms with Crippen molar-refractivity contribution in [2.45, 2.75) is 19.3 Å². The first-order valence-corrected chi connectivity index (χ1v) is 8.09. The van der Waals surface area contributed by atoms with Crippen molar-refractivity contribution in [3.05, 3.63) is 28.2 Å². The number of carbonyl (C=O) groups excluding carboxylic acids is 3. The number of carbonyl (C=O) groups is 3. The highest BCUT2D eigenvalue weighted by molar-refractivity contribution is 6.42. The Hall–Kier alpha value is -1.79. The van der Waals surface area contributed by atoms with Crippen LogP contribution in [-0.2, 0) is 14.4 Å². The monoisotopic (exact) mass is 355 g/mol. The lowest BCUT2D eigenvalue weighted by molar-refractivity contribution is -0.135. The summed E-state index contributed by atoms with van der Waals surface area (Å²) in [7, 11) is 0. The molecule has 8 heteroatoms. The van der Waals surface area contributed by atoms with E-state index in [4.69, 9.17) is 23.2 Å². The lowest BCUT2D eigenvalue weighted by Crippen LogP contribution is -2.47. The first-order chi connectivity index (χ1) is 11.0. The van der Waals surface area contributed by atoms with Gasteiger partial charge in [-0.1, -0.05) is 23.2 Å². The summed E-state index contributed by atoms with van der Waals surface area (Å²) >= 11 is 11.8. The third-order valence-electron chi connectivity index (χ3n) is 3.99. The molecular formula is C15H15Cl2N3O3. The first kappa shape index (κ1) is 16.1. The molecule has 2 fully saturated rings. The van der Waals surface area contributed by atoms with Gasteiger partial charge < -0.3 is 4.90 Å². The molecular weight excluding hydrogens is 341 g/mol. The van der Waals surface area contributed by atoms with Crippen LogP contribution in [0.3, 0.4) is 0 Å². The molecule has 0 unspecified atom stereocenters. The molecule has 6 nitrogen and oxygen atoms in total. The van der Waals surface area contributed by atoms with Gasteiger partial charge in [0.15, 0.2) is 0 Å². The Morgan fingerprint density at radius 3 is 2.39 bits per heavy atom. The van der Waals surface area contributed by atoms with Gasteiger partial charge in [0.1, 0.15) is 5.92 Å². The minimum absolute atomic E-state index is 0.0118. The Labute approximate surface area is 143 Å². The SMILES string of the molecule is O=C(NNC(=O)[C@@H]1CCN(c2ccc(Cl)c(Cl)c2)C1=O)C1CC1. The van der Waals surface area contributed by atoms with Gasteiger partial charge in [-0.15, -0.1) is 0 Å². The third-order valence-corrected chi connectivity index (χ3v) is 4.73. The molecule has 3 amide bonds. The van der Waals surface area contributed by atoms with Crippen LogP contribution < -0.4 is 15.8 Å². The predicted molar refractivity (Wildman–Crippen MR) is 85.9 cm³/mol. The van der Waals surface area contributed by atoms with Crippen molar-refractivity contribution in [3.8, 4) is 0 Å². The van der Waals surface area contributed by atoms with Crippen LogP contribution in [0.2, 0.25) is 10.0 Å². The van der Waals surface area contributed by atoms with Gasteiger partial charge in [0.25, 0.3) is 5.91 Å². The van der Waals surface area contributed by atoms with E-state index < -0.39 is 11.8 Å². The average Bonchev–Trinajstić information content (AvgIpc) is 3.30. The zero-order chi connectivity index (χ0) is 16.6. The van der Waals surface area contributed by atoms with Gasteiger partial charge in [-0.2, -0.15) is 0 Å². The molecule has 0 bridgehead atoms. The fourth-order valence-electron chi connectivity index (χ4n) is 2.49. The minimum atomic E-state index is -0.816. The maximum Gasteiger partial charge on any atom is 0.251 e. The second-order valence-electron chi connectivity index (χ2n) is 5.68. The molecule has 23 heavy (non-hydrogen) atoms. The number of hydrogen-bond acceptors (Lipinski definition) is 3. The van der Waals surface area contributed by atoms with Gasteiger partial charge >= 0.3 is 0 Å². The van der Waals surface area contributed by atoms with Crippen LogP contribution in [0.1, 0.15) is 19.3 Å². The van der Waals surface area contributed by atoms with Crippen molar-refractivity contribution in [2.75, 3.05) is 11.4 Å². The Bertz CT molecular complexity index is 676. The van der Waals surface area contributed by atoms with Crippen molar-refractivity contribution in [2.24, 2.45) is 11.8 Å². The third kappa shape index (κ3) is 3.43. The smallest absolute Gasteiger partial charge is 0.251 e. The number of amides is 3.